The highest BCUT2D eigenvalue weighted by molar-refractivity contribution is 6.31. The van der Waals surface area contributed by atoms with Crippen LogP contribution in [0.2, 0.25) is 0 Å². The molecule has 0 bridgehead atoms. The van der Waals surface area contributed by atoms with E-state index in [0.717, 1.165) is 160 Å². The van der Waals surface area contributed by atoms with Gasteiger partial charge in [-0.25, -0.2) is 0 Å². The number of anilines is 6. The normalized spacial score (nSPS) is 11.7. The maximum Gasteiger partial charge on any atom is 0.159 e. The number of furan rings is 2. The molecule has 0 amide bonds. The Labute approximate surface area is 465 Å². The number of para-hydroxylation sites is 2. The Morgan fingerprint density at radius 2 is 0.753 bits per heavy atom. The first-order chi connectivity index (χ1) is 40.0. The van der Waals surface area contributed by atoms with E-state index in [4.69, 9.17) is 8.83 Å². The summed E-state index contributed by atoms with van der Waals surface area (Å²) in [5.74, 6) is 0. The molecular formula is C75H44N4O2. The quantitative estimate of drug-likeness (QED) is 0.141. The summed E-state index contributed by atoms with van der Waals surface area (Å²) in [6.45, 7) is 2.21. The van der Waals surface area contributed by atoms with Crippen molar-refractivity contribution in [2.75, 3.05) is 9.80 Å². The summed E-state index contributed by atoms with van der Waals surface area (Å²) in [5.41, 5.74) is 15.1. The second-order valence-electron chi connectivity index (χ2n) is 21.0. The Kier molecular flexibility index (Phi) is 10.2. The third-order valence-electron chi connectivity index (χ3n) is 16.5. The van der Waals surface area contributed by atoms with Gasteiger partial charge in [0.25, 0.3) is 0 Å². The van der Waals surface area contributed by atoms with Gasteiger partial charge in [0.05, 0.1) is 46.0 Å². The molecule has 6 nitrogen and oxygen atoms in total. The van der Waals surface area contributed by atoms with Gasteiger partial charge in [-0.3, -0.25) is 0 Å². The number of nitriles is 2. The molecule has 0 atom stereocenters. The minimum atomic E-state index is 0.577. The van der Waals surface area contributed by atoms with Gasteiger partial charge in [0.15, 0.2) is 11.2 Å². The van der Waals surface area contributed by atoms with Crippen molar-refractivity contribution in [3.05, 3.63) is 265 Å². The van der Waals surface area contributed by atoms with Gasteiger partial charge in [-0.15, -0.1) is 0 Å². The predicted molar refractivity (Wildman–Crippen MR) is 334 cm³/mol. The Morgan fingerprint density at radius 1 is 0.309 bits per heavy atom. The summed E-state index contributed by atoms with van der Waals surface area (Å²) in [4.78, 5) is 4.61. The van der Waals surface area contributed by atoms with E-state index in [2.05, 4.69) is 217 Å². The SMILES string of the molecule is Cc1cc2c(N(c3ccc(C#N)cc3)c3cccc4c3oc3c(-c5ccccc5)cc5ccccc5c34)ccc3ccc4c(N(c5ccc(C#N)cc5)c5cccc6c5oc5c(-c7ccccc7)cc7ccccc7c56)ccc1c4c32. The van der Waals surface area contributed by atoms with Crippen molar-refractivity contribution in [3.8, 4) is 34.4 Å². The standard InChI is InChI=1S/C75H44N4O2/c1-45-40-63-65(79(54-34-28-47(44-77)29-35-54)67-25-13-23-60-71-57-21-11-9-19-52(57)42-62(75(71)81-73(60)67)49-16-6-3-7-17-49)38-31-50-30-36-58-64(39-37-55(45)69(58)68(50)63)78(53-32-26-46(43-76)27-33-53)66-24-12-22-59-70-56-20-10-8-18-51(56)41-61(74(70)80-72(59)66)48-14-4-2-5-15-48/h2-42H,1H3. The van der Waals surface area contributed by atoms with E-state index in [-0.39, 0.29) is 0 Å². The van der Waals surface area contributed by atoms with E-state index in [1.54, 1.807) is 0 Å². The van der Waals surface area contributed by atoms with Crippen molar-refractivity contribution >= 4 is 132 Å². The highest BCUT2D eigenvalue weighted by Crippen LogP contribution is 2.53. The fourth-order valence-electron chi connectivity index (χ4n) is 12.9. The summed E-state index contributed by atoms with van der Waals surface area (Å²) in [7, 11) is 0. The summed E-state index contributed by atoms with van der Waals surface area (Å²) in [6, 6.07) is 91.6. The fraction of sp³-hybridized carbons (Fsp3) is 0.0133. The highest BCUT2D eigenvalue weighted by Gasteiger charge is 2.28. The number of hydrogen-bond acceptors (Lipinski definition) is 6. The fourth-order valence-corrected chi connectivity index (χ4v) is 12.9. The van der Waals surface area contributed by atoms with Crippen molar-refractivity contribution in [1.82, 2.24) is 0 Å². The smallest absolute Gasteiger partial charge is 0.159 e. The molecule has 0 aliphatic rings. The molecule has 0 spiro atoms. The van der Waals surface area contributed by atoms with Crippen LogP contribution in [-0.2, 0) is 0 Å². The van der Waals surface area contributed by atoms with Crippen LogP contribution in [0.15, 0.2) is 258 Å². The Morgan fingerprint density at radius 3 is 1.27 bits per heavy atom. The highest BCUT2D eigenvalue weighted by atomic mass is 16.3. The van der Waals surface area contributed by atoms with E-state index in [1.165, 1.54) is 0 Å². The molecule has 2 aromatic heterocycles. The molecule has 16 aromatic rings. The lowest BCUT2D eigenvalue weighted by Gasteiger charge is -2.29. The van der Waals surface area contributed by atoms with Crippen molar-refractivity contribution in [2.45, 2.75) is 6.92 Å². The van der Waals surface area contributed by atoms with Crippen LogP contribution < -0.4 is 9.80 Å². The van der Waals surface area contributed by atoms with Crippen LogP contribution in [0.1, 0.15) is 16.7 Å². The molecule has 6 heteroatoms. The lowest BCUT2D eigenvalue weighted by atomic mass is 9.89. The molecule has 81 heavy (non-hydrogen) atoms. The molecule has 14 aromatic carbocycles. The molecule has 0 N–H and O–H groups in total. The van der Waals surface area contributed by atoms with Crippen molar-refractivity contribution < 1.29 is 8.83 Å². The first kappa shape index (κ1) is 46.0. The van der Waals surface area contributed by atoms with Crippen molar-refractivity contribution in [1.29, 1.82) is 10.5 Å². The zero-order chi connectivity index (χ0) is 53.9. The molecule has 0 unspecified atom stereocenters. The van der Waals surface area contributed by atoms with E-state index in [1.807, 2.05) is 60.7 Å². The Bertz CT molecular complexity index is 5320. The first-order valence-electron chi connectivity index (χ1n) is 27.2. The molecule has 0 saturated heterocycles. The maximum absolute atomic E-state index is 10.1. The lowest BCUT2D eigenvalue weighted by molar-refractivity contribution is 0.670. The minimum absolute atomic E-state index is 0.577. The van der Waals surface area contributed by atoms with Gasteiger partial charge >= 0.3 is 0 Å². The first-order valence-corrected chi connectivity index (χ1v) is 27.2. The monoisotopic (exact) mass is 1030 g/mol. The van der Waals surface area contributed by atoms with Gasteiger partial charge in [-0.1, -0.05) is 158 Å². The molecule has 2 heterocycles. The third-order valence-corrected chi connectivity index (χ3v) is 16.5. The van der Waals surface area contributed by atoms with E-state index >= 15 is 0 Å². The number of rotatable bonds is 8. The zero-order valence-electron chi connectivity index (χ0n) is 43.8. The van der Waals surface area contributed by atoms with E-state index < -0.39 is 0 Å². The van der Waals surface area contributed by atoms with Crippen LogP contribution in [0.4, 0.5) is 34.1 Å². The average molecular weight is 1030 g/mol. The molecule has 0 radical (unpaired) electrons. The molecule has 16 rings (SSSR count). The number of hydrogen-bond donors (Lipinski definition) is 0. The second kappa shape index (κ2) is 17.9. The predicted octanol–water partition coefficient (Wildman–Crippen LogP) is 21.0. The number of fused-ring (bicyclic) bond motifs is 10. The van der Waals surface area contributed by atoms with Gasteiger partial charge in [0, 0.05) is 54.8 Å². The molecular weight excluding hydrogens is 989 g/mol. The van der Waals surface area contributed by atoms with Crippen LogP contribution in [0.5, 0.6) is 0 Å². The maximum atomic E-state index is 10.1. The Hall–Kier alpha value is -11.2. The molecule has 376 valence electrons. The van der Waals surface area contributed by atoms with Crippen LogP contribution in [0.3, 0.4) is 0 Å². The number of benzene rings is 14. The van der Waals surface area contributed by atoms with Gasteiger partial charge in [0.2, 0.25) is 0 Å². The zero-order valence-corrected chi connectivity index (χ0v) is 43.8. The number of aryl methyl sites for hydroxylation is 1. The van der Waals surface area contributed by atoms with Gasteiger partial charge in [-0.05, 0) is 158 Å². The topological polar surface area (TPSA) is 80.3 Å². The van der Waals surface area contributed by atoms with Crippen LogP contribution in [0, 0.1) is 29.6 Å². The molecule has 0 fully saturated rings. The summed E-state index contributed by atoms with van der Waals surface area (Å²) < 4.78 is 14.6. The van der Waals surface area contributed by atoms with Gasteiger partial charge in [-0.2, -0.15) is 10.5 Å². The van der Waals surface area contributed by atoms with Crippen molar-refractivity contribution in [2.24, 2.45) is 0 Å². The Balaban J connectivity index is 0.960. The third kappa shape index (κ3) is 6.98. The van der Waals surface area contributed by atoms with Crippen LogP contribution in [-0.4, -0.2) is 0 Å². The van der Waals surface area contributed by atoms with Gasteiger partial charge in [0.1, 0.15) is 11.2 Å². The summed E-state index contributed by atoms with van der Waals surface area (Å²) >= 11 is 0. The number of nitrogens with zero attached hydrogens (tertiary/aromatic N) is 4. The van der Waals surface area contributed by atoms with E-state index in [9.17, 15) is 10.5 Å². The average Bonchev–Trinajstić information content (AvgIpc) is 3.59. The van der Waals surface area contributed by atoms with Gasteiger partial charge < -0.3 is 18.6 Å². The summed E-state index contributed by atoms with van der Waals surface area (Å²) in [5, 5.41) is 35.5. The summed E-state index contributed by atoms with van der Waals surface area (Å²) in [6.07, 6.45) is 0. The second-order valence-corrected chi connectivity index (χ2v) is 21.0. The molecule has 0 saturated carbocycles. The minimum Gasteiger partial charge on any atom is -0.453 e. The largest absolute Gasteiger partial charge is 0.453 e. The van der Waals surface area contributed by atoms with Crippen LogP contribution >= 0.6 is 0 Å². The molecule has 0 aliphatic carbocycles. The lowest BCUT2D eigenvalue weighted by Crippen LogP contribution is -2.12. The van der Waals surface area contributed by atoms with Crippen molar-refractivity contribution in [3.63, 3.8) is 0 Å². The van der Waals surface area contributed by atoms with Crippen LogP contribution in [0.25, 0.3) is 120 Å². The van der Waals surface area contributed by atoms with E-state index in [0.29, 0.717) is 11.1 Å². The molecule has 0 aliphatic heterocycles.